The van der Waals surface area contributed by atoms with Crippen LogP contribution in [0.25, 0.3) is 0 Å². The van der Waals surface area contributed by atoms with E-state index in [4.69, 9.17) is 9.47 Å². The molecule has 0 aliphatic rings. The highest BCUT2D eigenvalue weighted by Crippen LogP contribution is 2.30. The summed E-state index contributed by atoms with van der Waals surface area (Å²) in [7, 11) is 3.21. The van der Waals surface area contributed by atoms with E-state index in [1.807, 2.05) is 67.6 Å². The Morgan fingerprint density at radius 2 is 1.69 bits per heavy atom. The average molecular weight is 388 g/mol. The lowest BCUT2D eigenvalue weighted by atomic mass is 9.99. The topological polar surface area (TPSA) is 59.9 Å². The molecule has 0 heterocycles. The standard InChI is InChI=1S/C24H24N2O3/c1-17-22(28-2)14-13-20(23(17)29-3)16-25-26-24(27)21-12-8-7-11-19(21)15-18-9-5-4-6-10-18/h4-14,16H,15H2,1-3H3,(H,26,27). The number of benzene rings is 3. The molecule has 5 heteroatoms. The second-order valence-corrected chi connectivity index (χ2v) is 6.53. The molecule has 29 heavy (non-hydrogen) atoms. The van der Waals surface area contributed by atoms with E-state index in [1.165, 1.54) is 0 Å². The Morgan fingerprint density at radius 3 is 2.41 bits per heavy atom. The van der Waals surface area contributed by atoms with Gasteiger partial charge in [-0.2, -0.15) is 5.10 Å². The minimum absolute atomic E-state index is 0.253. The molecule has 0 saturated carbocycles. The lowest BCUT2D eigenvalue weighted by Gasteiger charge is -2.12. The SMILES string of the molecule is COc1ccc(C=NNC(=O)c2ccccc2Cc2ccccc2)c(OC)c1C. The fourth-order valence-electron chi connectivity index (χ4n) is 3.22. The Morgan fingerprint density at radius 1 is 0.966 bits per heavy atom. The molecule has 0 spiro atoms. The van der Waals surface area contributed by atoms with Crippen LogP contribution < -0.4 is 14.9 Å². The zero-order valence-corrected chi connectivity index (χ0v) is 16.8. The molecule has 0 radical (unpaired) electrons. The molecule has 3 aromatic rings. The third-order valence-electron chi connectivity index (χ3n) is 4.68. The molecule has 0 aromatic heterocycles. The lowest BCUT2D eigenvalue weighted by molar-refractivity contribution is 0.0954. The van der Waals surface area contributed by atoms with Crippen molar-refractivity contribution in [2.45, 2.75) is 13.3 Å². The molecule has 0 unspecified atom stereocenters. The quantitative estimate of drug-likeness (QED) is 0.483. The Hall–Kier alpha value is -3.60. The van der Waals surface area contributed by atoms with Crippen molar-refractivity contribution >= 4 is 12.1 Å². The monoisotopic (exact) mass is 388 g/mol. The van der Waals surface area contributed by atoms with Crippen LogP contribution in [0, 0.1) is 6.92 Å². The molecular weight excluding hydrogens is 364 g/mol. The molecule has 0 aliphatic carbocycles. The minimum Gasteiger partial charge on any atom is -0.496 e. The van der Waals surface area contributed by atoms with Crippen molar-refractivity contribution in [3.8, 4) is 11.5 Å². The van der Waals surface area contributed by atoms with Gasteiger partial charge in [-0.15, -0.1) is 0 Å². The van der Waals surface area contributed by atoms with E-state index in [1.54, 1.807) is 26.5 Å². The van der Waals surface area contributed by atoms with Crippen molar-refractivity contribution in [3.63, 3.8) is 0 Å². The van der Waals surface area contributed by atoms with Gasteiger partial charge < -0.3 is 9.47 Å². The van der Waals surface area contributed by atoms with E-state index in [0.717, 1.165) is 28.0 Å². The van der Waals surface area contributed by atoms with Crippen LogP contribution in [0.5, 0.6) is 11.5 Å². The van der Waals surface area contributed by atoms with E-state index in [-0.39, 0.29) is 5.91 Å². The van der Waals surface area contributed by atoms with E-state index < -0.39 is 0 Å². The van der Waals surface area contributed by atoms with Gasteiger partial charge in [-0.1, -0.05) is 48.5 Å². The summed E-state index contributed by atoms with van der Waals surface area (Å²) in [5.74, 6) is 1.14. The summed E-state index contributed by atoms with van der Waals surface area (Å²) in [6, 6.07) is 21.3. The van der Waals surface area contributed by atoms with Crippen molar-refractivity contribution in [1.82, 2.24) is 5.43 Å². The summed E-state index contributed by atoms with van der Waals surface area (Å²) in [5.41, 5.74) is 6.94. The van der Waals surface area contributed by atoms with Crippen LogP contribution in [0.3, 0.4) is 0 Å². The molecule has 3 rings (SSSR count). The molecule has 5 nitrogen and oxygen atoms in total. The summed E-state index contributed by atoms with van der Waals surface area (Å²) in [6.45, 7) is 1.91. The van der Waals surface area contributed by atoms with Crippen LogP contribution in [0.1, 0.15) is 32.6 Å². The van der Waals surface area contributed by atoms with Gasteiger partial charge >= 0.3 is 0 Å². The maximum absolute atomic E-state index is 12.7. The number of ether oxygens (including phenoxy) is 2. The van der Waals surface area contributed by atoms with Gasteiger partial charge in [0.2, 0.25) is 0 Å². The number of methoxy groups -OCH3 is 2. The van der Waals surface area contributed by atoms with Gasteiger partial charge in [0.15, 0.2) is 0 Å². The number of carbonyl (C=O) groups is 1. The first kappa shape index (κ1) is 20.1. The van der Waals surface area contributed by atoms with Crippen LogP contribution in [-0.4, -0.2) is 26.3 Å². The summed E-state index contributed by atoms with van der Waals surface area (Å²) >= 11 is 0. The van der Waals surface area contributed by atoms with Crippen molar-refractivity contribution in [2.75, 3.05) is 14.2 Å². The van der Waals surface area contributed by atoms with Crippen LogP contribution in [0.15, 0.2) is 71.8 Å². The molecule has 0 aliphatic heterocycles. The summed E-state index contributed by atoms with van der Waals surface area (Å²) in [6.07, 6.45) is 2.25. The number of rotatable bonds is 7. The zero-order chi connectivity index (χ0) is 20.6. The van der Waals surface area contributed by atoms with Gasteiger partial charge in [0.25, 0.3) is 5.91 Å². The first-order valence-corrected chi connectivity index (χ1v) is 9.31. The third kappa shape index (κ3) is 4.82. The van der Waals surface area contributed by atoms with E-state index in [0.29, 0.717) is 17.7 Å². The first-order valence-electron chi connectivity index (χ1n) is 9.31. The average Bonchev–Trinajstić information content (AvgIpc) is 2.75. The van der Waals surface area contributed by atoms with Gasteiger partial charge in [-0.25, -0.2) is 5.43 Å². The molecule has 0 atom stereocenters. The zero-order valence-electron chi connectivity index (χ0n) is 16.8. The molecule has 0 fully saturated rings. The predicted molar refractivity (Wildman–Crippen MR) is 115 cm³/mol. The van der Waals surface area contributed by atoms with Gasteiger partial charge in [0.1, 0.15) is 11.5 Å². The summed E-state index contributed by atoms with van der Waals surface area (Å²) in [4.78, 5) is 12.7. The normalized spacial score (nSPS) is 10.7. The Balaban J connectivity index is 1.76. The maximum Gasteiger partial charge on any atom is 0.271 e. The number of amides is 1. The minimum atomic E-state index is -0.253. The van der Waals surface area contributed by atoms with E-state index >= 15 is 0 Å². The van der Waals surface area contributed by atoms with Crippen LogP contribution >= 0.6 is 0 Å². The second kappa shape index (κ2) is 9.55. The van der Waals surface area contributed by atoms with Crippen LogP contribution in [-0.2, 0) is 6.42 Å². The van der Waals surface area contributed by atoms with E-state index in [9.17, 15) is 4.79 Å². The number of hydrogen-bond donors (Lipinski definition) is 1. The van der Waals surface area contributed by atoms with Gasteiger partial charge in [0, 0.05) is 16.7 Å². The molecular formula is C24H24N2O3. The van der Waals surface area contributed by atoms with Crippen LogP contribution in [0.2, 0.25) is 0 Å². The second-order valence-electron chi connectivity index (χ2n) is 6.53. The molecule has 0 bridgehead atoms. The number of carbonyl (C=O) groups excluding carboxylic acids is 1. The fraction of sp³-hybridized carbons (Fsp3) is 0.167. The molecule has 3 aromatic carbocycles. The summed E-state index contributed by atoms with van der Waals surface area (Å²) < 4.78 is 10.8. The number of hydrazone groups is 1. The Bertz CT molecular complexity index is 1010. The lowest BCUT2D eigenvalue weighted by Crippen LogP contribution is -2.19. The molecule has 1 amide bonds. The first-order chi connectivity index (χ1) is 14.1. The molecule has 148 valence electrons. The fourth-order valence-corrected chi connectivity index (χ4v) is 3.22. The van der Waals surface area contributed by atoms with Gasteiger partial charge in [-0.3, -0.25) is 4.79 Å². The van der Waals surface area contributed by atoms with Gasteiger partial charge in [-0.05, 0) is 42.7 Å². The Kier molecular flexibility index (Phi) is 6.63. The highest BCUT2D eigenvalue weighted by atomic mass is 16.5. The largest absolute Gasteiger partial charge is 0.496 e. The Labute approximate surface area is 171 Å². The van der Waals surface area contributed by atoms with Crippen molar-refractivity contribution in [1.29, 1.82) is 0 Å². The van der Waals surface area contributed by atoms with Crippen molar-refractivity contribution < 1.29 is 14.3 Å². The number of nitrogens with zero attached hydrogens (tertiary/aromatic N) is 1. The smallest absolute Gasteiger partial charge is 0.271 e. The molecule has 0 saturated heterocycles. The number of nitrogens with one attached hydrogen (secondary N) is 1. The van der Waals surface area contributed by atoms with E-state index in [2.05, 4.69) is 10.5 Å². The molecule has 1 N–H and O–H groups in total. The maximum atomic E-state index is 12.7. The van der Waals surface area contributed by atoms with Crippen molar-refractivity contribution in [3.05, 3.63) is 94.5 Å². The van der Waals surface area contributed by atoms with Crippen molar-refractivity contribution in [2.24, 2.45) is 5.10 Å². The summed E-state index contributed by atoms with van der Waals surface area (Å²) in [5, 5.41) is 4.13. The van der Waals surface area contributed by atoms with Gasteiger partial charge in [0.05, 0.1) is 20.4 Å². The van der Waals surface area contributed by atoms with Crippen LogP contribution in [0.4, 0.5) is 0 Å². The highest BCUT2D eigenvalue weighted by molar-refractivity contribution is 5.96. The number of hydrogen-bond acceptors (Lipinski definition) is 4. The highest BCUT2D eigenvalue weighted by Gasteiger charge is 2.12. The predicted octanol–water partition coefficient (Wildman–Crippen LogP) is 4.37. The third-order valence-corrected chi connectivity index (χ3v) is 4.68.